The maximum absolute atomic E-state index is 10.2. The number of hydrogen-bond donors (Lipinski definition) is 2. The van der Waals surface area contributed by atoms with Crippen LogP contribution in [0.25, 0.3) is 0 Å². The van der Waals surface area contributed by atoms with Crippen molar-refractivity contribution in [3.8, 4) is 0 Å². The van der Waals surface area contributed by atoms with Crippen LogP contribution in [-0.2, 0) is 100 Å². The van der Waals surface area contributed by atoms with Gasteiger partial charge in [0.05, 0.1) is 6.67 Å². The minimum absolute atomic E-state index is 0. The minimum Gasteiger partial charge on any atom is -0.358 e. The van der Waals surface area contributed by atoms with Gasteiger partial charge in [0.1, 0.15) is 0 Å². The molecule has 0 aliphatic rings. The maximum Gasteiger partial charge on any atom is 0.218 e. The van der Waals surface area contributed by atoms with Crippen LogP contribution in [-0.4, -0.2) is 18.5 Å². The summed E-state index contributed by atoms with van der Waals surface area (Å²) in [5.41, 5.74) is 0. The van der Waals surface area contributed by atoms with Gasteiger partial charge in [0, 0.05) is 105 Å². The van der Waals surface area contributed by atoms with Crippen molar-refractivity contribution in [1.82, 2.24) is 10.6 Å². The average molecular weight is 593 g/mol. The van der Waals surface area contributed by atoms with E-state index in [1.54, 1.807) is 13.8 Å². The van der Waals surface area contributed by atoms with Crippen LogP contribution in [0.5, 0.6) is 0 Å². The van der Waals surface area contributed by atoms with Crippen LogP contribution in [0.2, 0.25) is 0 Å². The van der Waals surface area contributed by atoms with E-state index < -0.39 is 0 Å². The molecule has 0 aliphatic heterocycles. The fourth-order valence-electron chi connectivity index (χ4n) is 0.293. The molecule has 0 heterocycles. The van der Waals surface area contributed by atoms with E-state index in [2.05, 4.69) is 24.5 Å². The molecular weight excluding hydrogens is 567 g/mol. The van der Waals surface area contributed by atoms with E-state index in [0.717, 1.165) is 0 Å². The number of amides is 2. The van der Waals surface area contributed by atoms with Crippen molar-refractivity contribution in [2.45, 2.75) is 27.7 Å². The van der Waals surface area contributed by atoms with Gasteiger partial charge in [-0.15, -0.1) is 0 Å². The number of hydrogen-bond acceptors (Lipinski definition) is 2. The van der Waals surface area contributed by atoms with E-state index in [4.69, 9.17) is 0 Å². The van der Waals surface area contributed by atoms with E-state index >= 15 is 0 Å². The third-order valence-corrected chi connectivity index (χ3v) is 0.675. The van der Waals surface area contributed by atoms with Crippen LogP contribution in [0.4, 0.5) is 0 Å². The molecule has 0 aliphatic carbocycles. The fourth-order valence-corrected chi connectivity index (χ4v) is 0.293. The van der Waals surface area contributed by atoms with Crippen molar-refractivity contribution >= 4 is 11.8 Å². The summed E-state index contributed by atoms with van der Waals surface area (Å²) in [6, 6.07) is 0. The summed E-state index contributed by atoms with van der Waals surface area (Å²) >= 11 is 0. The first-order chi connectivity index (χ1) is 6.13. The first kappa shape index (κ1) is 58.4. The molecule has 19 heavy (non-hydrogen) atoms. The summed E-state index contributed by atoms with van der Waals surface area (Å²) in [6.45, 7) is 13.0. The number of rotatable bonds is 2. The minimum atomic E-state index is -0.149. The molecule has 0 aromatic heterocycles. The Morgan fingerprint density at radius 2 is 1.00 bits per heavy atom. The summed E-state index contributed by atoms with van der Waals surface area (Å²) < 4.78 is 0. The molecule has 0 unspecified atom stereocenters. The number of carbonyl (C=O) groups is 2. The van der Waals surface area contributed by atoms with Crippen LogP contribution < -0.4 is 10.6 Å². The smallest absolute Gasteiger partial charge is 0.218 e. The molecule has 3 radical (unpaired) electrons. The molecule has 0 aromatic carbocycles. The van der Waals surface area contributed by atoms with Gasteiger partial charge in [0.25, 0.3) is 0 Å². The zero-order valence-electron chi connectivity index (χ0n) is 12.8. The van der Waals surface area contributed by atoms with Crippen LogP contribution in [0.1, 0.15) is 27.7 Å². The molecular formula is C11H26N2O2V2WY-4. The van der Waals surface area contributed by atoms with E-state index in [9.17, 15) is 9.59 Å². The van der Waals surface area contributed by atoms with Crippen molar-refractivity contribution in [3.05, 3.63) is 28.7 Å². The van der Waals surface area contributed by atoms with Gasteiger partial charge < -0.3 is 39.3 Å². The van der Waals surface area contributed by atoms with Crippen molar-refractivity contribution in [3.63, 3.8) is 0 Å². The van der Waals surface area contributed by atoms with Gasteiger partial charge in [0.2, 0.25) is 11.8 Å². The van der Waals surface area contributed by atoms with Crippen molar-refractivity contribution in [2.24, 2.45) is 0 Å². The molecule has 0 fully saturated rings. The Morgan fingerprint density at radius 1 is 0.842 bits per heavy atom. The molecule has 0 atom stereocenters. The summed E-state index contributed by atoms with van der Waals surface area (Å²) in [7, 11) is 0. The quantitative estimate of drug-likeness (QED) is 0.380. The predicted molar refractivity (Wildman–Crippen MR) is 67.4 cm³/mol. The van der Waals surface area contributed by atoms with E-state index in [1.165, 1.54) is 13.8 Å². The molecule has 8 heteroatoms. The SMILES string of the molecule is CC(=O)NCNC(C)=O.[CH2-]C.[CH2-]C.[CH3-].[CH3-].[V].[V].[W].[Y]. The summed E-state index contributed by atoms with van der Waals surface area (Å²) in [4.78, 5) is 20.3. The first-order valence-electron chi connectivity index (χ1n) is 4.03. The van der Waals surface area contributed by atoms with Crippen LogP contribution in [0.3, 0.4) is 0 Å². The van der Waals surface area contributed by atoms with Gasteiger partial charge in [0.15, 0.2) is 0 Å². The third-order valence-electron chi connectivity index (χ3n) is 0.675. The third kappa shape index (κ3) is 102. The average Bonchev–Trinajstić information content (AvgIpc) is 2.10. The van der Waals surface area contributed by atoms with Crippen molar-refractivity contribution < 1.29 is 100 Å². The summed E-state index contributed by atoms with van der Waals surface area (Å²) in [6.07, 6.45) is 0. The summed E-state index contributed by atoms with van der Waals surface area (Å²) in [5, 5.41) is 4.81. The van der Waals surface area contributed by atoms with Gasteiger partial charge in [-0.3, -0.25) is 9.59 Å². The van der Waals surface area contributed by atoms with Crippen molar-refractivity contribution in [1.29, 1.82) is 0 Å². The second-order valence-electron chi connectivity index (χ2n) is 1.64. The Morgan fingerprint density at radius 3 is 1.11 bits per heavy atom. The molecule has 4 nitrogen and oxygen atoms in total. The summed E-state index contributed by atoms with van der Waals surface area (Å²) in [5.74, 6) is -0.299. The first-order valence-corrected chi connectivity index (χ1v) is 4.03. The molecule has 2 N–H and O–H groups in total. The van der Waals surface area contributed by atoms with Gasteiger partial charge in [-0.05, 0) is 0 Å². The molecule has 0 rings (SSSR count). The predicted octanol–water partition coefficient (Wildman–Crippen LogP) is 1.79. The maximum atomic E-state index is 10.2. The normalized spacial score (nSPS) is 4.53. The zero-order valence-corrected chi connectivity index (χ0v) is 21.4. The molecule has 0 bridgehead atoms. The van der Waals surface area contributed by atoms with E-state index in [0.29, 0.717) is 0 Å². The van der Waals surface area contributed by atoms with Gasteiger partial charge in [-0.1, -0.05) is 0 Å². The second kappa shape index (κ2) is 59.8. The van der Waals surface area contributed by atoms with E-state index in [-0.39, 0.29) is 124 Å². The Balaban J connectivity index is -0.0000000131. The van der Waals surface area contributed by atoms with Gasteiger partial charge >= 0.3 is 0 Å². The Labute approximate surface area is 184 Å². The van der Waals surface area contributed by atoms with Gasteiger partial charge in [-0.25, -0.2) is 0 Å². The molecule has 0 saturated heterocycles. The zero-order chi connectivity index (χ0) is 11.3. The Kier molecular flexibility index (Phi) is 184. The molecule has 2 amide bonds. The Bertz CT molecular complexity index is 132. The molecule has 0 spiro atoms. The van der Waals surface area contributed by atoms with Crippen LogP contribution in [0, 0.1) is 28.7 Å². The van der Waals surface area contributed by atoms with E-state index in [1.807, 2.05) is 0 Å². The standard InChI is InChI=1S/C5H10N2O2.2C2H5.2CH3.2V.W.Y/c1-4(8)6-3-7-5(2)9;2*1-2;;;;;;/h3H2,1-2H3,(H,6,8)(H,7,9);2*1H2,2H3;2*1H3;;;;/q;4*-1;;;;. The van der Waals surface area contributed by atoms with Crippen molar-refractivity contribution in [2.75, 3.05) is 6.67 Å². The second-order valence-corrected chi connectivity index (χ2v) is 1.64. The monoisotopic (exact) mass is 593 g/mol. The molecule has 115 valence electrons. The van der Waals surface area contributed by atoms with Crippen LogP contribution >= 0.6 is 0 Å². The largest absolute Gasteiger partial charge is 0.358 e. The fraction of sp³-hybridized carbons (Fsp3) is 0.455. The van der Waals surface area contributed by atoms with Gasteiger partial charge in [-0.2, -0.15) is 13.8 Å². The number of carbonyl (C=O) groups excluding carboxylic acids is 2. The molecule has 0 aromatic rings. The Hall–Kier alpha value is 1.90. The van der Waals surface area contributed by atoms with Crippen LogP contribution in [0.15, 0.2) is 0 Å². The number of nitrogens with one attached hydrogen (secondary N) is 2. The molecule has 0 saturated carbocycles. The topological polar surface area (TPSA) is 58.2 Å².